The Bertz CT molecular complexity index is 1210. The van der Waals surface area contributed by atoms with Crippen LogP contribution in [0.25, 0.3) is 0 Å². The molecule has 0 aliphatic heterocycles. The van der Waals surface area contributed by atoms with Gasteiger partial charge in [0.2, 0.25) is 0 Å². The van der Waals surface area contributed by atoms with Gasteiger partial charge in [0.25, 0.3) is 15.9 Å². The lowest BCUT2D eigenvalue weighted by atomic mass is 10.1. The zero-order valence-corrected chi connectivity index (χ0v) is 17.4. The number of nitrogens with one attached hydrogen (secondary N) is 2. The van der Waals surface area contributed by atoms with E-state index in [1.165, 1.54) is 54.6 Å². The topological polar surface area (TPSA) is 113 Å². The van der Waals surface area contributed by atoms with E-state index in [1.54, 1.807) is 12.1 Å². The molecule has 0 atom stereocenters. The van der Waals surface area contributed by atoms with E-state index < -0.39 is 21.9 Å². The summed E-state index contributed by atoms with van der Waals surface area (Å²) in [7, 11) is -3.87. The van der Waals surface area contributed by atoms with Crippen LogP contribution in [0.1, 0.15) is 20.7 Å². The van der Waals surface area contributed by atoms with Crippen LogP contribution in [-0.2, 0) is 10.0 Å². The van der Waals surface area contributed by atoms with Crippen molar-refractivity contribution in [3.05, 3.63) is 87.9 Å². The molecule has 30 heavy (non-hydrogen) atoms. The zero-order valence-electron chi connectivity index (χ0n) is 15.1. The summed E-state index contributed by atoms with van der Waals surface area (Å²) in [5, 5.41) is 12.4. The molecule has 0 saturated heterocycles. The van der Waals surface area contributed by atoms with Crippen molar-refractivity contribution in [3.63, 3.8) is 0 Å². The lowest BCUT2D eigenvalue weighted by molar-refractivity contribution is 0.0698. The maximum Gasteiger partial charge on any atom is 0.337 e. The number of amides is 1. The molecular weight excluding hydrogens is 451 g/mol. The van der Waals surface area contributed by atoms with Crippen molar-refractivity contribution in [2.24, 2.45) is 0 Å². The van der Waals surface area contributed by atoms with Gasteiger partial charge in [0.1, 0.15) is 0 Å². The van der Waals surface area contributed by atoms with Crippen LogP contribution in [0.3, 0.4) is 0 Å². The van der Waals surface area contributed by atoms with Gasteiger partial charge in [-0.2, -0.15) is 0 Å². The number of halogens is 2. The van der Waals surface area contributed by atoms with Gasteiger partial charge >= 0.3 is 5.97 Å². The minimum Gasteiger partial charge on any atom is -0.478 e. The van der Waals surface area contributed by atoms with E-state index >= 15 is 0 Å². The summed E-state index contributed by atoms with van der Waals surface area (Å²) < 4.78 is 27.4. The Hall–Kier alpha value is -3.07. The fourth-order valence-electron chi connectivity index (χ4n) is 2.51. The van der Waals surface area contributed by atoms with Gasteiger partial charge in [0.05, 0.1) is 16.1 Å². The molecule has 3 aromatic rings. The molecule has 0 bridgehead atoms. The number of aromatic carboxylic acids is 1. The van der Waals surface area contributed by atoms with E-state index in [0.717, 1.165) is 0 Å². The molecule has 3 aromatic carbocycles. The van der Waals surface area contributed by atoms with Crippen molar-refractivity contribution in [1.82, 2.24) is 0 Å². The van der Waals surface area contributed by atoms with Crippen LogP contribution in [0.2, 0.25) is 10.0 Å². The molecule has 0 unspecified atom stereocenters. The SMILES string of the molecule is O=C(Nc1ccc(Cl)cc1C(=O)O)c1ccc(S(=O)(=O)Nc2ccc(Cl)cc2)cc1. The minimum atomic E-state index is -3.87. The highest BCUT2D eigenvalue weighted by Crippen LogP contribution is 2.22. The molecule has 0 aromatic heterocycles. The van der Waals surface area contributed by atoms with E-state index in [-0.39, 0.29) is 26.7 Å². The third-order valence-electron chi connectivity index (χ3n) is 3.98. The first-order chi connectivity index (χ1) is 14.2. The van der Waals surface area contributed by atoms with Gasteiger partial charge in [-0.1, -0.05) is 23.2 Å². The Balaban J connectivity index is 1.77. The van der Waals surface area contributed by atoms with Crippen LogP contribution in [0.5, 0.6) is 0 Å². The Morgan fingerprint density at radius 2 is 1.43 bits per heavy atom. The summed E-state index contributed by atoms with van der Waals surface area (Å²) in [5.74, 6) is -1.85. The average Bonchev–Trinajstić information content (AvgIpc) is 2.71. The largest absolute Gasteiger partial charge is 0.478 e. The second-order valence-corrected chi connectivity index (χ2v) is 8.64. The Kier molecular flexibility index (Phi) is 6.31. The molecule has 0 aliphatic carbocycles. The smallest absolute Gasteiger partial charge is 0.337 e. The monoisotopic (exact) mass is 464 g/mol. The summed E-state index contributed by atoms with van der Waals surface area (Å²) in [6, 6.07) is 15.4. The molecule has 3 N–H and O–H groups in total. The van der Waals surface area contributed by atoms with E-state index in [4.69, 9.17) is 23.2 Å². The number of carbonyl (C=O) groups is 2. The standard InChI is InChI=1S/C20H14Cl2N2O5S/c21-13-3-6-15(7-4-13)24-30(28,29)16-8-1-12(2-9-16)19(25)23-18-10-5-14(22)11-17(18)20(26)27/h1-11,24H,(H,23,25)(H,26,27). The van der Waals surface area contributed by atoms with Gasteiger partial charge in [-0.25, -0.2) is 13.2 Å². The lowest BCUT2D eigenvalue weighted by Crippen LogP contribution is -2.16. The number of rotatable bonds is 6. The van der Waals surface area contributed by atoms with E-state index in [2.05, 4.69) is 10.0 Å². The highest BCUT2D eigenvalue weighted by molar-refractivity contribution is 7.92. The maximum atomic E-state index is 12.5. The fourth-order valence-corrected chi connectivity index (χ4v) is 3.87. The molecule has 7 nitrogen and oxygen atoms in total. The van der Waals surface area contributed by atoms with Gasteiger partial charge in [0.15, 0.2) is 0 Å². The van der Waals surface area contributed by atoms with E-state index in [1.807, 2.05) is 0 Å². The maximum absolute atomic E-state index is 12.5. The van der Waals surface area contributed by atoms with Crippen LogP contribution < -0.4 is 10.0 Å². The van der Waals surface area contributed by atoms with Gasteiger partial charge in [0, 0.05) is 21.3 Å². The highest BCUT2D eigenvalue weighted by Gasteiger charge is 2.17. The van der Waals surface area contributed by atoms with Crippen LogP contribution in [0, 0.1) is 0 Å². The van der Waals surface area contributed by atoms with Crippen molar-refractivity contribution in [2.45, 2.75) is 4.90 Å². The van der Waals surface area contributed by atoms with Gasteiger partial charge < -0.3 is 10.4 Å². The summed E-state index contributed by atoms with van der Waals surface area (Å²) >= 11 is 11.6. The quantitative estimate of drug-likeness (QED) is 0.487. The summed E-state index contributed by atoms with van der Waals surface area (Å²) in [6.07, 6.45) is 0. The normalized spacial score (nSPS) is 11.0. The highest BCUT2D eigenvalue weighted by atomic mass is 35.5. The number of carboxylic acids is 1. The first-order valence-corrected chi connectivity index (χ1v) is 10.6. The number of hydrogen-bond acceptors (Lipinski definition) is 4. The molecule has 3 rings (SSSR count). The zero-order chi connectivity index (χ0) is 21.9. The van der Waals surface area contributed by atoms with Crippen molar-refractivity contribution >= 4 is 56.5 Å². The van der Waals surface area contributed by atoms with Crippen LogP contribution in [0.15, 0.2) is 71.6 Å². The fraction of sp³-hybridized carbons (Fsp3) is 0. The second-order valence-electron chi connectivity index (χ2n) is 6.09. The number of carboxylic acid groups (broad SMARTS) is 1. The van der Waals surface area contributed by atoms with Crippen molar-refractivity contribution < 1.29 is 23.1 Å². The predicted octanol–water partition coefficient (Wildman–Crippen LogP) is 4.74. The molecule has 10 heteroatoms. The summed E-state index contributed by atoms with van der Waals surface area (Å²) in [5.41, 5.74) is 0.386. The van der Waals surface area contributed by atoms with Crippen molar-refractivity contribution in [1.29, 1.82) is 0 Å². The summed E-state index contributed by atoms with van der Waals surface area (Å²) in [6.45, 7) is 0. The molecule has 0 fully saturated rings. The molecule has 0 heterocycles. The van der Waals surface area contributed by atoms with Crippen LogP contribution in [0.4, 0.5) is 11.4 Å². The molecule has 154 valence electrons. The van der Waals surface area contributed by atoms with E-state index in [0.29, 0.717) is 10.7 Å². The first-order valence-electron chi connectivity index (χ1n) is 8.38. The molecule has 0 saturated carbocycles. The molecular formula is C20H14Cl2N2O5S. The molecule has 0 radical (unpaired) electrons. The number of hydrogen-bond donors (Lipinski definition) is 3. The number of sulfonamides is 1. The molecule has 0 spiro atoms. The number of anilines is 2. The van der Waals surface area contributed by atoms with Gasteiger partial charge in [-0.05, 0) is 66.7 Å². The number of benzene rings is 3. The third kappa shape index (κ3) is 5.10. The van der Waals surface area contributed by atoms with Crippen molar-refractivity contribution in [3.8, 4) is 0 Å². The minimum absolute atomic E-state index is 0.0493. The predicted molar refractivity (Wildman–Crippen MR) is 115 cm³/mol. The lowest BCUT2D eigenvalue weighted by Gasteiger charge is -2.10. The Morgan fingerprint density at radius 3 is 2.03 bits per heavy atom. The molecule has 1 amide bonds. The van der Waals surface area contributed by atoms with Crippen LogP contribution in [-0.4, -0.2) is 25.4 Å². The Labute approximate surface area is 182 Å². The first kappa shape index (κ1) is 21.6. The number of carbonyl (C=O) groups excluding carboxylic acids is 1. The Morgan fingerprint density at radius 1 is 0.833 bits per heavy atom. The molecule has 0 aliphatic rings. The third-order valence-corrected chi connectivity index (χ3v) is 5.87. The van der Waals surface area contributed by atoms with Crippen LogP contribution >= 0.6 is 23.2 Å². The van der Waals surface area contributed by atoms with Gasteiger partial charge in [-0.15, -0.1) is 0 Å². The van der Waals surface area contributed by atoms with Crippen molar-refractivity contribution in [2.75, 3.05) is 10.0 Å². The second kappa shape index (κ2) is 8.74. The van der Waals surface area contributed by atoms with E-state index in [9.17, 15) is 23.1 Å². The average molecular weight is 465 g/mol. The summed E-state index contributed by atoms with van der Waals surface area (Å²) in [4.78, 5) is 23.7. The van der Waals surface area contributed by atoms with Gasteiger partial charge in [-0.3, -0.25) is 9.52 Å².